The first kappa shape index (κ1) is 26.8. The highest BCUT2D eigenvalue weighted by atomic mass is 35.5. The third-order valence-corrected chi connectivity index (χ3v) is 7.06. The summed E-state index contributed by atoms with van der Waals surface area (Å²) in [6.07, 6.45) is 0.949. The quantitative estimate of drug-likeness (QED) is 0.351. The van der Waals surface area contributed by atoms with Gasteiger partial charge in [0.15, 0.2) is 5.78 Å². The van der Waals surface area contributed by atoms with Gasteiger partial charge < -0.3 is 24.3 Å². The molecule has 0 bridgehead atoms. The zero-order valence-corrected chi connectivity index (χ0v) is 22.3. The Bertz CT molecular complexity index is 1230. The zero-order chi connectivity index (χ0) is 26.5. The average Bonchev–Trinajstić information content (AvgIpc) is 2.90. The highest BCUT2D eigenvalue weighted by molar-refractivity contribution is 6.30. The molecule has 7 nitrogen and oxygen atoms in total. The van der Waals surface area contributed by atoms with Crippen molar-refractivity contribution in [2.75, 3.05) is 34.0 Å². The number of allylic oxidation sites excluding steroid dienone is 3. The molecule has 0 radical (unpaired) electrons. The molecule has 196 valence electrons. The molecule has 2 aliphatic rings. The Balaban J connectivity index is 1.77. The maximum atomic E-state index is 13.8. The van der Waals surface area contributed by atoms with Crippen molar-refractivity contribution >= 4 is 23.4 Å². The Labute approximate surface area is 222 Å². The summed E-state index contributed by atoms with van der Waals surface area (Å²) < 4.78 is 22.0. The lowest BCUT2D eigenvalue weighted by Gasteiger charge is -2.37. The molecule has 1 N–H and O–H groups in total. The van der Waals surface area contributed by atoms with Crippen LogP contribution in [0.1, 0.15) is 49.7 Å². The standard InChI is InChI=1S/C29H32ClNO6/c1-5-36-12-13-37-29(33)26-17(2)31-23-14-19(18-6-8-20(30)9-7-18)15-24(32)28(23)27(26)22-11-10-21(34-3)16-25(22)35-4/h6-11,16,19,27,31H,5,12-15H2,1-4H3/t19-,27-/m1/s1. The van der Waals surface area contributed by atoms with E-state index in [1.54, 1.807) is 26.4 Å². The number of carbonyl (C=O) groups excluding carboxylic acids is 2. The molecule has 0 aromatic heterocycles. The van der Waals surface area contributed by atoms with E-state index in [1.807, 2.05) is 44.2 Å². The fraction of sp³-hybridized carbons (Fsp3) is 0.379. The van der Waals surface area contributed by atoms with Crippen LogP contribution in [0, 0.1) is 0 Å². The number of methoxy groups -OCH3 is 2. The van der Waals surface area contributed by atoms with E-state index in [0.717, 1.165) is 11.3 Å². The zero-order valence-electron chi connectivity index (χ0n) is 21.6. The molecule has 2 aromatic carbocycles. The Kier molecular flexibility index (Phi) is 8.56. The highest BCUT2D eigenvalue weighted by Gasteiger charge is 2.42. The molecule has 0 fully saturated rings. The minimum absolute atomic E-state index is 0.00178. The van der Waals surface area contributed by atoms with Crippen LogP contribution in [-0.2, 0) is 19.1 Å². The number of ketones is 1. The molecule has 0 spiro atoms. The number of halogens is 1. The number of nitrogens with one attached hydrogen (secondary N) is 1. The molecular weight excluding hydrogens is 494 g/mol. The monoisotopic (exact) mass is 525 g/mol. The number of benzene rings is 2. The number of rotatable bonds is 9. The van der Waals surface area contributed by atoms with Gasteiger partial charge in [-0.2, -0.15) is 0 Å². The van der Waals surface area contributed by atoms with Crippen molar-refractivity contribution in [3.05, 3.63) is 81.2 Å². The first-order valence-corrected chi connectivity index (χ1v) is 12.7. The second-order valence-electron chi connectivity index (χ2n) is 9.01. The minimum Gasteiger partial charge on any atom is -0.497 e. The fourth-order valence-corrected chi connectivity index (χ4v) is 5.19. The number of hydrogen-bond acceptors (Lipinski definition) is 7. The van der Waals surface area contributed by atoms with E-state index in [-0.39, 0.29) is 18.3 Å². The van der Waals surface area contributed by atoms with Crippen molar-refractivity contribution in [1.82, 2.24) is 5.32 Å². The van der Waals surface area contributed by atoms with E-state index in [2.05, 4.69) is 5.32 Å². The van der Waals surface area contributed by atoms with Crippen LogP contribution in [0.5, 0.6) is 11.5 Å². The summed E-state index contributed by atoms with van der Waals surface area (Å²) >= 11 is 6.08. The molecule has 37 heavy (non-hydrogen) atoms. The molecule has 0 amide bonds. The van der Waals surface area contributed by atoms with Gasteiger partial charge in [0.25, 0.3) is 0 Å². The van der Waals surface area contributed by atoms with E-state index in [0.29, 0.717) is 65.0 Å². The van der Waals surface area contributed by atoms with Crippen LogP contribution in [-0.4, -0.2) is 45.8 Å². The van der Waals surface area contributed by atoms with Gasteiger partial charge in [0.05, 0.1) is 32.3 Å². The minimum atomic E-state index is -0.643. The Morgan fingerprint density at radius 2 is 1.81 bits per heavy atom. The van der Waals surface area contributed by atoms with Gasteiger partial charge in [-0.05, 0) is 49.9 Å². The number of ether oxygens (including phenoxy) is 4. The van der Waals surface area contributed by atoms with Gasteiger partial charge in [0.2, 0.25) is 0 Å². The number of esters is 1. The largest absolute Gasteiger partial charge is 0.497 e. The maximum absolute atomic E-state index is 13.8. The Morgan fingerprint density at radius 1 is 1.05 bits per heavy atom. The summed E-state index contributed by atoms with van der Waals surface area (Å²) in [5.41, 5.74) is 4.15. The van der Waals surface area contributed by atoms with Gasteiger partial charge in [0.1, 0.15) is 18.1 Å². The Hall–Kier alpha value is -3.29. The molecular formula is C29H32ClNO6. The molecule has 2 aromatic rings. The highest BCUT2D eigenvalue weighted by Crippen LogP contribution is 2.48. The third-order valence-electron chi connectivity index (χ3n) is 6.81. The fourth-order valence-electron chi connectivity index (χ4n) is 5.06. The van der Waals surface area contributed by atoms with Crippen molar-refractivity contribution < 1.29 is 28.5 Å². The predicted molar refractivity (Wildman–Crippen MR) is 141 cm³/mol. The van der Waals surface area contributed by atoms with Crippen LogP contribution >= 0.6 is 11.6 Å². The molecule has 0 saturated carbocycles. The van der Waals surface area contributed by atoms with Gasteiger partial charge in [-0.3, -0.25) is 4.79 Å². The van der Waals surface area contributed by atoms with E-state index in [9.17, 15) is 9.59 Å². The first-order chi connectivity index (χ1) is 17.9. The van der Waals surface area contributed by atoms with Gasteiger partial charge in [-0.25, -0.2) is 4.79 Å². The summed E-state index contributed by atoms with van der Waals surface area (Å²) in [4.78, 5) is 27.2. The number of carbonyl (C=O) groups is 2. The number of dihydropyridines is 1. The second kappa shape index (κ2) is 11.8. The number of hydrogen-bond donors (Lipinski definition) is 1. The Morgan fingerprint density at radius 3 is 2.49 bits per heavy atom. The van der Waals surface area contributed by atoms with Crippen LogP contribution in [0.3, 0.4) is 0 Å². The lowest BCUT2D eigenvalue weighted by atomic mass is 9.71. The van der Waals surface area contributed by atoms with Crippen LogP contribution < -0.4 is 14.8 Å². The van der Waals surface area contributed by atoms with Crippen molar-refractivity contribution in [3.8, 4) is 11.5 Å². The van der Waals surface area contributed by atoms with Crippen LogP contribution in [0.25, 0.3) is 0 Å². The molecule has 1 heterocycles. The van der Waals surface area contributed by atoms with E-state index in [1.165, 1.54) is 0 Å². The van der Waals surface area contributed by atoms with Gasteiger partial charge >= 0.3 is 5.97 Å². The van der Waals surface area contributed by atoms with Crippen LogP contribution in [0.15, 0.2) is 65.0 Å². The first-order valence-electron chi connectivity index (χ1n) is 12.3. The van der Waals surface area contributed by atoms with E-state index < -0.39 is 11.9 Å². The van der Waals surface area contributed by atoms with Crippen molar-refractivity contribution in [3.63, 3.8) is 0 Å². The van der Waals surface area contributed by atoms with E-state index >= 15 is 0 Å². The van der Waals surface area contributed by atoms with Crippen LogP contribution in [0.2, 0.25) is 5.02 Å². The van der Waals surface area contributed by atoms with Gasteiger partial charge in [-0.15, -0.1) is 0 Å². The average molecular weight is 526 g/mol. The summed E-state index contributed by atoms with van der Waals surface area (Å²) in [5, 5.41) is 4.02. The molecule has 1 aliphatic carbocycles. The molecule has 0 saturated heterocycles. The van der Waals surface area contributed by atoms with E-state index in [4.69, 9.17) is 30.5 Å². The van der Waals surface area contributed by atoms with Crippen molar-refractivity contribution in [2.45, 2.75) is 38.5 Å². The third kappa shape index (κ3) is 5.68. The summed E-state index contributed by atoms with van der Waals surface area (Å²) in [6.45, 7) is 4.67. The van der Waals surface area contributed by atoms with Crippen LogP contribution in [0.4, 0.5) is 0 Å². The molecule has 2 atom stereocenters. The molecule has 4 rings (SSSR count). The summed E-state index contributed by atoms with van der Waals surface area (Å²) in [7, 11) is 3.14. The predicted octanol–water partition coefficient (Wildman–Crippen LogP) is 5.30. The van der Waals surface area contributed by atoms with Crippen molar-refractivity contribution in [2.24, 2.45) is 0 Å². The molecule has 0 unspecified atom stereocenters. The van der Waals surface area contributed by atoms with Gasteiger partial charge in [0, 0.05) is 46.6 Å². The van der Waals surface area contributed by atoms with Crippen molar-refractivity contribution in [1.29, 1.82) is 0 Å². The topological polar surface area (TPSA) is 83.1 Å². The number of Topliss-reactive ketones (excluding diaryl/α,β-unsaturated/α-hetero) is 1. The normalized spacial score (nSPS) is 19.3. The smallest absolute Gasteiger partial charge is 0.336 e. The summed E-state index contributed by atoms with van der Waals surface area (Å²) in [5.74, 6) is -0.0195. The lowest BCUT2D eigenvalue weighted by Crippen LogP contribution is -2.36. The maximum Gasteiger partial charge on any atom is 0.336 e. The summed E-state index contributed by atoms with van der Waals surface area (Å²) in [6, 6.07) is 13.0. The molecule has 1 aliphatic heterocycles. The SMILES string of the molecule is CCOCCOC(=O)C1=C(C)NC2=C(C(=O)C[C@H](c3ccc(Cl)cc3)C2)[C@@H]1c1ccc(OC)cc1OC. The van der Waals surface area contributed by atoms with Gasteiger partial charge in [-0.1, -0.05) is 29.8 Å². The molecule has 8 heteroatoms. The second-order valence-corrected chi connectivity index (χ2v) is 9.45. The lowest BCUT2D eigenvalue weighted by molar-refractivity contribution is -0.140.